The van der Waals surface area contributed by atoms with Gasteiger partial charge in [-0.2, -0.15) is 0 Å². The highest BCUT2D eigenvalue weighted by Crippen LogP contribution is 2.24. The van der Waals surface area contributed by atoms with Gasteiger partial charge in [0.1, 0.15) is 11.6 Å². The first-order chi connectivity index (χ1) is 8.56. The van der Waals surface area contributed by atoms with Gasteiger partial charge in [-0.05, 0) is 41.9 Å². The van der Waals surface area contributed by atoms with E-state index >= 15 is 0 Å². The minimum atomic E-state index is 0.135. The van der Waals surface area contributed by atoms with E-state index in [4.69, 9.17) is 10.5 Å². The first-order valence-electron chi connectivity index (χ1n) is 5.61. The fourth-order valence-corrected chi connectivity index (χ4v) is 1.69. The molecule has 0 amide bonds. The maximum absolute atomic E-state index is 5.75. The third-order valence-electron chi connectivity index (χ3n) is 2.24. The van der Waals surface area contributed by atoms with Crippen molar-refractivity contribution in [2.45, 2.75) is 20.0 Å². The molecule has 1 aromatic carbocycles. The zero-order valence-electron chi connectivity index (χ0n) is 10.2. The maximum atomic E-state index is 5.75. The second-order valence-corrected chi connectivity index (χ2v) is 4.98. The molecule has 1 heterocycles. The van der Waals surface area contributed by atoms with Crippen molar-refractivity contribution in [3.05, 3.63) is 34.9 Å². The van der Waals surface area contributed by atoms with Crippen molar-refractivity contribution >= 4 is 21.7 Å². The lowest BCUT2D eigenvalue weighted by molar-refractivity contribution is 0.242. The number of ether oxygens (including phenoxy) is 1. The summed E-state index contributed by atoms with van der Waals surface area (Å²) in [4.78, 5) is 8.46. The van der Waals surface area contributed by atoms with E-state index in [1.807, 2.05) is 38.1 Å². The summed E-state index contributed by atoms with van der Waals surface area (Å²) in [5.74, 6) is 1.81. The Labute approximate surface area is 114 Å². The number of nitrogens with two attached hydrogens (primary N) is 1. The van der Waals surface area contributed by atoms with Gasteiger partial charge in [-0.15, -0.1) is 0 Å². The number of benzene rings is 1. The maximum Gasteiger partial charge on any atom is 0.161 e. The summed E-state index contributed by atoms with van der Waals surface area (Å²) in [6.45, 7) is 3.97. The average molecular weight is 308 g/mol. The minimum absolute atomic E-state index is 0.135. The van der Waals surface area contributed by atoms with Crippen LogP contribution in [0.2, 0.25) is 0 Å². The van der Waals surface area contributed by atoms with Crippen LogP contribution in [0.3, 0.4) is 0 Å². The number of hydrogen-bond acceptors (Lipinski definition) is 4. The number of halogens is 1. The highest BCUT2D eigenvalue weighted by atomic mass is 79.9. The van der Waals surface area contributed by atoms with E-state index in [-0.39, 0.29) is 6.10 Å². The first kappa shape index (κ1) is 12.8. The third-order valence-corrected chi connectivity index (χ3v) is 2.85. The summed E-state index contributed by atoms with van der Waals surface area (Å²) in [7, 11) is 0. The van der Waals surface area contributed by atoms with Crippen molar-refractivity contribution in [3.8, 4) is 17.1 Å². The van der Waals surface area contributed by atoms with Crippen molar-refractivity contribution in [1.29, 1.82) is 0 Å². The van der Waals surface area contributed by atoms with Gasteiger partial charge in [0.25, 0.3) is 0 Å². The largest absolute Gasteiger partial charge is 0.491 e. The van der Waals surface area contributed by atoms with E-state index in [1.54, 1.807) is 6.20 Å². The van der Waals surface area contributed by atoms with E-state index in [9.17, 15) is 0 Å². The molecule has 0 radical (unpaired) electrons. The van der Waals surface area contributed by atoms with Crippen LogP contribution in [-0.2, 0) is 0 Å². The summed E-state index contributed by atoms with van der Waals surface area (Å²) in [6, 6.07) is 7.65. The summed E-state index contributed by atoms with van der Waals surface area (Å²) in [6.07, 6.45) is 1.78. The Kier molecular flexibility index (Phi) is 3.81. The van der Waals surface area contributed by atoms with Gasteiger partial charge in [0.2, 0.25) is 0 Å². The van der Waals surface area contributed by atoms with Crippen molar-refractivity contribution in [2.75, 3.05) is 5.73 Å². The monoisotopic (exact) mass is 307 g/mol. The number of nitrogen functional groups attached to an aromatic ring is 1. The summed E-state index contributed by atoms with van der Waals surface area (Å²) in [5, 5.41) is 0. The quantitative estimate of drug-likeness (QED) is 0.945. The van der Waals surface area contributed by atoms with Gasteiger partial charge < -0.3 is 10.5 Å². The Morgan fingerprint density at radius 3 is 2.78 bits per heavy atom. The molecule has 0 bridgehead atoms. The van der Waals surface area contributed by atoms with Gasteiger partial charge in [0.15, 0.2) is 5.82 Å². The molecule has 0 unspecified atom stereocenters. The zero-order valence-corrected chi connectivity index (χ0v) is 11.8. The number of aromatic nitrogens is 2. The molecule has 0 fully saturated rings. The first-order valence-corrected chi connectivity index (χ1v) is 6.40. The predicted octanol–water partition coefficient (Wildman–Crippen LogP) is 3.28. The Hall–Kier alpha value is -1.62. The Morgan fingerprint density at radius 1 is 1.33 bits per heavy atom. The lowest BCUT2D eigenvalue weighted by Crippen LogP contribution is -2.05. The lowest BCUT2D eigenvalue weighted by atomic mass is 10.2. The fourth-order valence-electron chi connectivity index (χ4n) is 1.50. The van der Waals surface area contributed by atoms with Crippen LogP contribution in [-0.4, -0.2) is 16.1 Å². The number of nitrogens with zero attached hydrogens (tertiary/aromatic N) is 2. The predicted molar refractivity (Wildman–Crippen MR) is 75.3 cm³/mol. The molecule has 0 atom stereocenters. The second-order valence-electron chi connectivity index (χ2n) is 4.12. The summed E-state index contributed by atoms with van der Waals surface area (Å²) >= 11 is 3.27. The zero-order chi connectivity index (χ0) is 13.1. The van der Waals surface area contributed by atoms with Gasteiger partial charge in [-0.25, -0.2) is 9.97 Å². The van der Waals surface area contributed by atoms with Crippen LogP contribution in [0.15, 0.2) is 34.9 Å². The van der Waals surface area contributed by atoms with Crippen LogP contribution in [0.4, 0.5) is 5.82 Å². The van der Waals surface area contributed by atoms with Crippen LogP contribution in [0.5, 0.6) is 5.75 Å². The van der Waals surface area contributed by atoms with Crippen LogP contribution in [0, 0.1) is 0 Å². The van der Waals surface area contributed by atoms with Crippen molar-refractivity contribution in [2.24, 2.45) is 0 Å². The smallest absolute Gasteiger partial charge is 0.161 e. The van der Waals surface area contributed by atoms with E-state index in [2.05, 4.69) is 25.9 Å². The van der Waals surface area contributed by atoms with Gasteiger partial charge in [0.05, 0.1) is 10.6 Å². The molecule has 2 N–H and O–H groups in total. The van der Waals surface area contributed by atoms with E-state index in [1.165, 1.54) is 0 Å². The molecular weight excluding hydrogens is 294 g/mol. The van der Waals surface area contributed by atoms with E-state index in [0.717, 1.165) is 11.3 Å². The van der Waals surface area contributed by atoms with Gasteiger partial charge in [-0.3, -0.25) is 0 Å². The molecule has 2 aromatic rings. The number of hydrogen-bond donors (Lipinski definition) is 1. The summed E-state index contributed by atoms with van der Waals surface area (Å²) < 4.78 is 6.33. The van der Waals surface area contributed by atoms with Crippen LogP contribution >= 0.6 is 15.9 Å². The minimum Gasteiger partial charge on any atom is -0.491 e. The molecule has 0 aliphatic rings. The molecule has 94 valence electrons. The molecule has 5 heteroatoms. The molecule has 0 saturated heterocycles. The highest BCUT2D eigenvalue weighted by Gasteiger charge is 2.06. The molecule has 4 nitrogen and oxygen atoms in total. The molecule has 2 rings (SSSR count). The number of rotatable bonds is 3. The molecule has 0 saturated carbocycles. The second kappa shape index (κ2) is 5.35. The van der Waals surface area contributed by atoms with Crippen molar-refractivity contribution in [3.63, 3.8) is 0 Å². The lowest BCUT2D eigenvalue weighted by Gasteiger charge is -2.10. The Balaban J connectivity index is 2.35. The molecule has 1 aromatic heterocycles. The van der Waals surface area contributed by atoms with Crippen molar-refractivity contribution in [1.82, 2.24) is 9.97 Å². The number of anilines is 1. The third kappa shape index (κ3) is 2.98. The molecule has 0 aliphatic carbocycles. The van der Waals surface area contributed by atoms with Gasteiger partial charge in [0, 0.05) is 11.8 Å². The van der Waals surface area contributed by atoms with Gasteiger partial charge in [-0.1, -0.05) is 12.1 Å². The molecule has 0 aliphatic heterocycles. The Morgan fingerprint density at radius 2 is 2.11 bits per heavy atom. The Bertz CT molecular complexity index is 558. The molecular formula is C13H14BrN3O. The van der Waals surface area contributed by atoms with Gasteiger partial charge >= 0.3 is 0 Å². The normalized spacial score (nSPS) is 10.7. The van der Waals surface area contributed by atoms with Crippen LogP contribution < -0.4 is 10.5 Å². The summed E-state index contributed by atoms with van der Waals surface area (Å²) in [5.41, 5.74) is 6.63. The fraction of sp³-hybridized carbons (Fsp3) is 0.231. The van der Waals surface area contributed by atoms with E-state index < -0.39 is 0 Å². The van der Waals surface area contributed by atoms with E-state index in [0.29, 0.717) is 16.1 Å². The SMILES string of the molecule is CC(C)Oc1cccc(-c2ncc(Br)c(N)n2)c1. The molecule has 0 spiro atoms. The topological polar surface area (TPSA) is 61.0 Å². The van der Waals surface area contributed by atoms with Crippen molar-refractivity contribution < 1.29 is 4.74 Å². The van der Waals surface area contributed by atoms with Crippen LogP contribution in [0.1, 0.15) is 13.8 Å². The highest BCUT2D eigenvalue weighted by molar-refractivity contribution is 9.10. The van der Waals surface area contributed by atoms with Crippen LogP contribution in [0.25, 0.3) is 11.4 Å². The standard InChI is InChI=1S/C13H14BrN3O/c1-8(2)18-10-5-3-4-9(6-10)13-16-7-11(14)12(15)17-13/h3-8H,1-2H3,(H2,15,16,17). The average Bonchev–Trinajstić information content (AvgIpc) is 2.32. The molecule has 18 heavy (non-hydrogen) atoms.